The Morgan fingerprint density at radius 3 is 2.24 bits per heavy atom. The summed E-state index contributed by atoms with van der Waals surface area (Å²) in [6.07, 6.45) is 0.676. The van der Waals surface area contributed by atoms with Crippen molar-refractivity contribution in [3.8, 4) is 22.5 Å². The predicted molar refractivity (Wildman–Crippen MR) is 113 cm³/mol. The van der Waals surface area contributed by atoms with Crippen LogP contribution in [0.5, 0.6) is 0 Å². The number of hydrogen-bond acceptors (Lipinski definition) is 4. The molecular weight excluding hydrogens is 362 g/mol. The van der Waals surface area contributed by atoms with Gasteiger partial charge in [0.05, 0.1) is 0 Å². The van der Waals surface area contributed by atoms with E-state index >= 15 is 0 Å². The van der Waals surface area contributed by atoms with E-state index in [4.69, 9.17) is 4.52 Å². The van der Waals surface area contributed by atoms with Crippen LogP contribution in [0.1, 0.15) is 17.9 Å². The van der Waals surface area contributed by atoms with Crippen LogP contribution < -0.4 is 5.32 Å². The van der Waals surface area contributed by atoms with Crippen LogP contribution in [-0.4, -0.2) is 16.0 Å². The lowest BCUT2D eigenvalue weighted by Crippen LogP contribution is -2.12. The molecule has 1 aromatic heterocycles. The lowest BCUT2D eigenvalue weighted by Gasteiger charge is -2.04. The van der Waals surface area contributed by atoms with Crippen LogP contribution in [0.4, 0.5) is 5.69 Å². The van der Waals surface area contributed by atoms with E-state index in [-0.39, 0.29) is 12.3 Å². The number of aryl methyl sites for hydroxylation is 2. The molecular formula is C24H21N3O2. The van der Waals surface area contributed by atoms with Gasteiger partial charge in [-0.05, 0) is 30.2 Å². The highest BCUT2D eigenvalue weighted by molar-refractivity contribution is 5.90. The molecule has 0 aliphatic rings. The Balaban J connectivity index is 1.35. The maximum atomic E-state index is 12.1. The summed E-state index contributed by atoms with van der Waals surface area (Å²) in [5, 5.41) is 6.91. The van der Waals surface area contributed by atoms with Crippen molar-refractivity contribution in [3.05, 3.63) is 90.3 Å². The second kappa shape index (κ2) is 8.52. The molecule has 0 saturated carbocycles. The second-order valence-electron chi connectivity index (χ2n) is 6.87. The van der Waals surface area contributed by atoms with Crippen molar-refractivity contribution in [2.45, 2.75) is 19.8 Å². The molecule has 5 heteroatoms. The quantitative estimate of drug-likeness (QED) is 0.492. The van der Waals surface area contributed by atoms with Crippen LogP contribution in [-0.2, 0) is 11.2 Å². The highest BCUT2D eigenvalue weighted by Crippen LogP contribution is 2.23. The summed E-state index contributed by atoms with van der Waals surface area (Å²) in [6.45, 7) is 2.01. The van der Waals surface area contributed by atoms with Crippen LogP contribution in [0.3, 0.4) is 0 Å². The SMILES string of the molecule is Cc1ccc(NC(=O)CCc2nc(-c3ccc(-c4ccccc4)cc3)no2)cc1. The first-order chi connectivity index (χ1) is 14.2. The van der Waals surface area contributed by atoms with Gasteiger partial charge >= 0.3 is 0 Å². The molecule has 0 radical (unpaired) electrons. The summed E-state index contributed by atoms with van der Waals surface area (Å²) in [6, 6.07) is 25.9. The van der Waals surface area contributed by atoms with Gasteiger partial charge in [0.25, 0.3) is 0 Å². The molecule has 3 aromatic carbocycles. The molecule has 0 aliphatic heterocycles. The fraction of sp³-hybridized carbons (Fsp3) is 0.125. The fourth-order valence-corrected chi connectivity index (χ4v) is 3.00. The number of aromatic nitrogens is 2. The first kappa shape index (κ1) is 18.6. The summed E-state index contributed by atoms with van der Waals surface area (Å²) >= 11 is 0. The topological polar surface area (TPSA) is 68.0 Å². The van der Waals surface area contributed by atoms with E-state index in [1.165, 1.54) is 0 Å². The van der Waals surface area contributed by atoms with Crippen molar-refractivity contribution >= 4 is 11.6 Å². The van der Waals surface area contributed by atoms with Crippen molar-refractivity contribution in [3.63, 3.8) is 0 Å². The van der Waals surface area contributed by atoms with Crippen LogP contribution in [0.2, 0.25) is 0 Å². The molecule has 0 fully saturated rings. The fourth-order valence-electron chi connectivity index (χ4n) is 3.00. The number of hydrogen-bond donors (Lipinski definition) is 1. The minimum absolute atomic E-state index is 0.0826. The van der Waals surface area contributed by atoms with Gasteiger partial charge in [0.1, 0.15) is 0 Å². The van der Waals surface area contributed by atoms with Crippen LogP contribution in [0.15, 0.2) is 83.4 Å². The maximum Gasteiger partial charge on any atom is 0.227 e. The monoisotopic (exact) mass is 383 g/mol. The van der Waals surface area contributed by atoms with Gasteiger partial charge in [-0.25, -0.2) is 0 Å². The standard InChI is InChI=1S/C24H21N3O2/c1-17-7-13-21(14-8-17)25-22(28)15-16-23-26-24(27-29-23)20-11-9-19(10-12-20)18-5-3-2-4-6-18/h2-14H,15-16H2,1H3,(H,25,28). The molecule has 5 nitrogen and oxygen atoms in total. The number of rotatable bonds is 6. The average Bonchev–Trinajstić information content (AvgIpc) is 3.24. The Labute approximate surface area is 169 Å². The molecule has 144 valence electrons. The van der Waals surface area contributed by atoms with Crippen molar-refractivity contribution in [2.75, 3.05) is 5.32 Å². The Morgan fingerprint density at radius 1 is 0.862 bits per heavy atom. The van der Waals surface area contributed by atoms with Gasteiger partial charge in [-0.2, -0.15) is 4.98 Å². The number of benzene rings is 3. The van der Waals surface area contributed by atoms with Crippen molar-refractivity contribution in [1.82, 2.24) is 10.1 Å². The van der Waals surface area contributed by atoms with Gasteiger partial charge in [-0.15, -0.1) is 0 Å². The maximum absolute atomic E-state index is 12.1. The number of anilines is 1. The third kappa shape index (κ3) is 4.76. The molecule has 4 aromatic rings. The lowest BCUT2D eigenvalue weighted by atomic mass is 10.0. The Bertz CT molecular complexity index is 1090. The summed E-state index contributed by atoms with van der Waals surface area (Å²) < 4.78 is 5.31. The van der Waals surface area contributed by atoms with E-state index in [1.54, 1.807) is 0 Å². The molecule has 0 bridgehead atoms. The predicted octanol–water partition coefficient (Wildman–Crippen LogP) is 5.28. The van der Waals surface area contributed by atoms with Gasteiger partial charge in [-0.3, -0.25) is 4.79 Å². The van der Waals surface area contributed by atoms with E-state index < -0.39 is 0 Å². The number of nitrogens with zero attached hydrogens (tertiary/aromatic N) is 2. The third-order valence-corrected chi connectivity index (χ3v) is 4.62. The zero-order valence-corrected chi connectivity index (χ0v) is 16.1. The average molecular weight is 383 g/mol. The highest BCUT2D eigenvalue weighted by Gasteiger charge is 2.11. The van der Waals surface area contributed by atoms with Gasteiger partial charge in [0.2, 0.25) is 17.6 Å². The van der Waals surface area contributed by atoms with Crippen molar-refractivity contribution in [1.29, 1.82) is 0 Å². The zero-order chi connectivity index (χ0) is 20.1. The summed E-state index contributed by atoms with van der Waals surface area (Å²) in [7, 11) is 0. The van der Waals surface area contributed by atoms with E-state index in [1.807, 2.05) is 73.7 Å². The molecule has 29 heavy (non-hydrogen) atoms. The van der Waals surface area contributed by atoms with E-state index in [2.05, 4.69) is 27.6 Å². The summed E-state index contributed by atoms with van der Waals surface area (Å²) in [4.78, 5) is 16.5. The first-order valence-corrected chi connectivity index (χ1v) is 9.52. The molecule has 0 spiro atoms. The molecule has 0 aliphatic carbocycles. The highest BCUT2D eigenvalue weighted by atomic mass is 16.5. The zero-order valence-electron chi connectivity index (χ0n) is 16.1. The lowest BCUT2D eigenvalue weighted by molar-refractivity contribution is -0.116. The van der Waals surface area contributed by atoms with Gasteiger partial charge in [0.15, 0.2) is 0 Å². The Kier molecular flexibility index (Phi) is 5.47. The van der Waals surface area contributed by atoms with Crippen LogP contribution in [0.25, 0.3) is 22.5 Å². The van der Waals surface area contributed by atoms with Gasteiger partial charge in [-0.1, -0.05) is 77.5 Å². The van der Waals surface area contributed by atoms with E-state index in [9.17, 15) is 4.79 Å². The molecule has 1 amide bonds. The molecule has 0 atom stereocenters. The number of nitrogens with one attached hydrogen (secondary N) is 1. The van der Waals surface area contributed by atoms with E-state index in [0.717, 1.165) is 27.9 Å². The molecule has 4 rings (SSSR count). The normalized spacial score (nSPS) is 10.7. The van der Waals surface area contributed by atoms with E-state index in [0.29, 0.717) is 18.1 Å². The first-order valence-electron chi connectivity index (χ1n) is 9.52. The Hall–Kier alpha value is -3.73. The van der Waals surface area contributed by atoms with Crippen molar-refractivity contribution in [2.24, 2.45) is 0 Å². The van der Waals surface area contributed by atoms with Crippen molar-refractivity contribution < 1.29 is 9.32 Å². The van der Waals surface area contributed by atoms with Gasteiger partial charge in [0, 0.05) is 24.1 Å². The minimum atomic E-state index is -0.0826. The summed E-state index contributed by atoms with van der Waals surface area (Å²) in [5.41, 5.74) is 5.10. The molecule has 1 N–H and O–H groups in total. The van der Waals surface area contributed by atoms with Gasteiger partial charge < -0.3 is 9.84 Å². The summed E-state index contributed by atoms with van der Waals surface area (Å²) in [5.74, 6) is 0.894. The smallest absolute Gasteiger partial charge is 0.227 e. The molecule has 1 heterocycles. The second-order valence-corrected chi connectivity index (χ2v) is 6.87. The minimum Gasteiger partial charge on any atom is -0.339 e. The largest absolute Gasteiger partial charge is 0.339 e. The Morgan fingerprint density at radius 2 is 1.52 bits per heavy atom. The molecule has 0 saturated heterocycles. The molecule has 0 unspecified atom stereocenters. The number of carbonyl (C=O) groups is 1. The van der Waals surface area contributed by atoms with Crippen LogP contribution >= 0.6 is 0 Å². The number of amides is 1. The number of carbonyl (C=O) groups excluding carboxylic acids is 1. The third-order valence-electron chi connectivity index (χ3n) is 4.62. The van der Waals surface area contributed by atoms with Crippen LogP contribution in [0, 0.1) is 6.92 Å².